The molecule has 0 spiro atoms. The lowest BCUT2D eigenvalue weighted by molar-refractivity contribution is -0.158. The van der Waals surface area contributed by atoms with Crippen LogP contribution in [0.3, 0.4) is 0 Å². The summed E-state index contributed by atoms with van der Waals surface area (Å²) < 4.78 is 20.9. The summed E-state index contributed by atoms with van der Waals surface area (Å²) in [6, 6.07) is 30.7. The molecule has 4 rings (SSSR count). The van der Waals surface area contributed by atoms with Gasteiger partial charge in [-0.25, -0.2) is 19.2 Å². The van der Waals surface area contributed by atoms with Crippen molar-refractivity contribution < 1.29 is 43.2 Å². The van der Waals surface area contributed by atoms with E-state index in [9.17, 15) is 19.2 Å². The first-order valence-corrected chi connectivity index (χ1v) is 23.6. The number of carboxylic acids is 1. The molecule has 0 atom stereocenters. The number of benzene rings is 4. The van der Waals surface area contributed by atoms with Crippen molar-refractivity contribution in [3.8, 4) is 11.5 Å². The Kier molecular flexibility index (Phi) is 58.1. The molecule has 0 aliphatic heterocycles. The van der Waals surface area contributed by atoms with Gasteiger partial charge in [-0.3, -0.25) is 0 Å². The second-order valence-electron chi connectivity index (χ2n) is 12.5. The van der Waals surface area contributed by atoms with Gasteiger partial charge in [-0.2, -0.15) is 0 Å². The van der Waals surface area contributed by atoms with Gasteiger partial charge in [0.15, 0.2) is 13.2 Å². The number of para-hydroxylation sites is 1. The molecule has 12 nitrogen and oxygen atoms in total. The van der Waals surface area contributed by atoms with Gasteiger partial charge in [-0.1, -0.05) is 147 Å². The number of anilines is 3. The molecule has 0 saturated carbocycles. The molecule has 378 valence electrons. The van der Waals surface area contributed by atoms with Crippen molar-refractivity contribution in [1.82, 2.24) is 0 Å². The maximum absolute atomic E-state index is 11.9. The van der Waals surface area contributed by atoms with E-state index in [4.69, 9.17) is 29.8 Å². The van der Waals surface area contributed by atoms with Gasteiger partial charge in [-0.15, -0.1) is 0 Å². The number of nitrogen functional groups attached to an aromatic ring is 1. The molecule has 0 heterocycles. The number of urea groups is 1. The van der Waals surface area contributed by atoms with Crippen LogP contribution in [0.1, 0.15) is 163 Å². The lowest BCUT2D eigenvalue weighted by Gasteiger charge is -2.19. The van der Waals surface area contributed by atoms with Crippen LogP contribution in [0.5, 0.6) is 11.5 Å². The van der Waals surface area contributed by atoms with Crippen molar-refractivity contribution in [2.24, 2.45) is 0 Å². The summed E-state index contributed by atoms with van der Waals surface area (Å²) in [5.41, 5.74) is 6.80. The van der Waals surface area contributed by atoms with Crippen molar-refractivity contribution in [1.29, 1.82) is 0 Å². The SMILES string of the molecule is CC.CC.CC.CC.CC.CC.CC.CC.CC(C)(C)OC(=O)COc1ccc(N)cc1.CC(C)(C)OC(=O)COc1ccc(NC(=O)Nc2ccccc2)cc1.O=C(O)c1ccccc1. The predicted octanol–water partition coefficient (Wildman–Crippen LogP) is 15.6. The highest BCUT2D eigenvalue weighted by molar-refractivity contribution is 5.99. The number of amides is 2. The van der Waals surface area contributed by atoms with E-state index in [2.05, 4.69) is 10.6 Å². The first-order valence-electron chi connectivity index (χ1n) is 23.6. The van der Waals surface area contributed by atoms with Gasteiger partial charge in [0.1, 0.15) is 22.7 Å². The number of carbonyl (C=O) groups is 4. The van der Waals surface area contributed by atoms with E-state index in [-0.39, 0.29) is 25.2 Å². The third-order valence-corrected chi connectivity index (χ3v) is 5.60. The molecule has 0 bridgehead atoms. The van der Waals surface area contributed by atoms with Crippen LogP contribution in [0, 0.1) is 0 Å². The number of nitrogens with two attached hydrogens (primary N) is 1. The van der Waals surface area contributed by atoms with Crippen LogP contribution >= 0.6 is 0 Å². The minimum atomic E-state index is -0.879. The predicted molar refractivity (Wildman–Crippen MR) is 283 cm³/mol. The van der Waals surface area contributed by atoms with Crippen LogP contribution < -0.4 is 25.8 Å². The van der Waals surface area contributed by atoms with E-state index < -0.39 is 23.1 Å². The molecule has 4 aromatic carbocycles. The third-order valence-electron chi connectivity index (χ3n) is 5.60. The molecular formula is C54H93N3O9. The molecule has 2 amide bonds. The molecule has 0 aromatic heterocycles. The van der Waals surface area contributed by atoms with Gasteiger partial charge in [0.2, 0.25) is 0 Å². The number of ether oxygens (including phenoxy) is 4. The minimum absolute atomic E-state index is 0.0960. The zero-order valence-corrected chi connectivity index (χ0v) is 45.1. The Hall–Kier alpha value is -6.04. The number of carbonyl (C=O) groups excluding carboxylic acids is 3. The smallest absolute Gasteiger partial charge is 0.344 e. The summed E-state index contributed by atoms with van der Waals surface area (Å²) in [7, 11) is 0. The molecular weight excluding hydrogens is 835 g/mol. The number of carboxylic acid groups (broad SMARTS) is 1. The van der Waals surface area contributed by atoms with E-state index in [1.807, 2.05) is 150 Å². The summed E-state index contributed by atoms with van der Waals surface area (Å²) in [6.07, 6.45) is 0. The highest BCUT2D eigenvalue weighted by Crippen LogP contribution is 2.17. The monoisotopic (exact) mass is 928 g/mol. The number of hydrogen-bond donors (Lipinski definition) is 4. The molecule has 0 aliphatic rings. The summed E-state index contributed by atoms with van der Waals surface area (Å²) in [5.74, 6) is -0.586. The summed E-state index contributed by atoms with van der Waals surface area (Å²) in [6.45, 7) is 42.6. The second-order valence-corrected chi connectivity index (χ2v) is 12.5. The van der Waals surface area contributed by atoms with Crippen LogP contribution in [-0.4, -0.2) is 53.5 Å². The molecule has 0 aliphatic carbocycles. The van der Waals surface area contributed by atoms with Crippen molar-refractivity contribution in [3.05, 3.63) is 115 Å². The van der Waals surface area contributed by atoms with E-state index in [0.29, 0.717) is 34.1 Å². The standard InChI is InChI=1S/C19H22N2O4.C12H17NO3.C7H6O2.8C2H6/c1-19(2,3)25-17(22)13-24-16-11-9-15(10-12-16)21-18(23)20-14-7-5-4-6-8-14;1-12(2,3)16-11(14)8-15-10-6-4-9(13)5-7-10;8-7(9)6-4-2-1-3-5-6;8*1-2/h4-12H,13H2,1-3H3,(H2,20,21,23);4-7H,8,13H2,1-3H3;1-5H,(H,8,9);8*1-2H3. The Morgan fingerprint density at radius 1 is 0.455 bits per heavy atom. The lowest BCUT2D eigenvalue weighted by atomic mass is 10.2. The van der Waals surface area contributed by atoms with E-state index in [1.165, 1.54) is 0 Å². The molecule has 0 radical (unpaired) electrons. The molecule has 0 saturated heterocycles. The maximum atomic E-state index is 11.9. The van der Waals surface area contributed by atoms with Crippen LogP contribution in [0.2, 0.25) is 0 Å². The second kappa shape index (κ2) is 51.6. The average molecular weight is 928 g/mol. The van der Waals surface area contributed by atoms with Crippen molar-refractivity contribution in [2.45, 2.75) is 164 Å². The average Bonchev–Trinajstić information content (AvgIpc) is 3.34. The number of aromatic carboxylic acids is 1. The van der Waals surface area contributed by atoms with Gasteiger partial charge >= 0.3 is 23.9 Å². The summed E-state index contributed by atoms with van der Waals surface area (Å²) >= 11 is 0. The molecule has 5 N–H and O–H groups in total. The number of hydrogen-bond acceptors (Lipinski definition) is 9. The number of rotatable bonds is 9. The van der Waals surface area contributed by atoms with E-state index >= 15 is 0 Å². The fourth-order valence-electron chi connectivity index (χ4n) is 3.62. The topological polar surface area (TPSA) is 176 Å². The number of esters is 2. The molecule has 66 heavy (non-hydrogen) atoms. The van der Waals surface area contributed by atoms with Crippen molar-refractivity contribution >= 4 is 41.0 Å². The fourth-order valence-corrected chi connectivity index (χ4v) is 3.62. The van der Waals surface area contributed by atoms with Gasteiger partial charge < -0.3 is 40.4 Å². The van der Waals surface area contributed by atoms with Gasteiger partial charge in [-0.05, 0) is 114 Å². The molecule has 12 heteroatoms. The van der Waals surface area contributed by atoms with Crippen LogP contribution in [-0.2, 0) is 19.1 Å². The van der Waals surface area contributed by atoms with Gasteiger partial charge in [0.25, 0.3) is 0 Å². The first kappa shape index (κ1) is 74.3. The van der Waals surface area contributed by atoms with E-state index in [1.54, 1.807) is 112 Å². The Morgan fingerprint density at radius 3 is 1.03 bits per heavy atom. The van der Waals surface area contributed by atoms with Gasteiger partial charge in [0, 0.05) is 17.1 Å². The third kappa shape index (κ3) is 49.0. The normalized spacial score (nSPS) is 8.64. The quantitative estimate of drug-likeness (QED) is 0.0933. The van der Waals surface area contributed by atoms with E-state index in [0.717, 1.165) is 0 Å². The maximum Gasteiger partial charge on any atom is 0.344 e. The van der Waals surface area contributed by atoms with Crippen LogP contribution in [0.15, 0.2) is 109 Å². The Morgan fingerprint density at radius 2 is 0.742 bits per heavy atom. The first-order chi connectivity index (χ1) is 31.5. The Bertz CT molecular complexity index is 1640. The zero-order valence-electron chi connectivity index (χ0n) is 45.1. The van der Waals surface area contributed by atoms with Crippen molar-refractivity contribution in [3.63, 3.8) is 0 Å². The van der Waals surface area contributed by atoms with Crippen LogP contribution in [0.4, 0.5) is 21.9 Å². The minimum Gasteiger partial charge on any atom is -0.482 e. The molecule has 0 unspecified atom stereocenters. The summed E-state index contributed by atoms with van der Waals surface area (Å²) in [4.78, 5) is 45.0. The van der Waals surface area contributed by atoms with Crippen LogP contribution in [0.25, 0.3) is 0 Å². The Balaban J connectivity index is -0.000000146. The Labute approximate surface area is 402 Å². The summed E-state index contributed by atoms with van der Waals surface area (Å²) in [5, 5.41) is 13.8. The lowest BCUT2D eigenvalue weighted by Crippen LogP contribution is -2.27. The highest BCUT2D eigenvalue weighted by atomic mass is 16.6. The molecule has 0 fully saturated rings. The fraction of sp³-hybridized carbons (Fsp3) is 0.481. The number of nitrogens with one attached hydrogen (secondary N) is 2. The van der Waals surface area contributed by atoms with Crippen molar-refractivity contribution in [2.75, 3.05) is 29.6 Å². The molecule has 4 aromatic rings. The highest BCUT2D eigenvalue weighted by Gasteiger charge is 2.17. The van der Waals surface area contributed by atoms with Gasteiger partial charge in [0.05, 0.1) is 5.56 Å². The largest absolute Gasteiger partial charge is 0.482 e. The zero-order chi connectivity index (χ0) is 53.2.